The van der Waals surface area contributed by atoms with Crippen molar-refractivity contribution in [3.63, 3.8) is 0 Å². The molecular formula is C23H25N3O4. The third-order valence-electron chi connectivity index (χ3n) is 3.98. The molecule has 0 atom stereocenters. The topological polar surface area (TPSA) is 100 Å². The number of hydrogen-bond acceptors (Lipinski definition) is 5. The van der Waals surface area contributed by atoms with Crippen LogP contribution in [-0.2, 0) is 9.59 Å². The van der Waals surface area contributed by atoms with Crippen molar-refractivity contribution in [1.29, 1.82) is 5.26 Å². The van der Waals surface area contributed by atoms with E-state index in [9.17, 15) is 14.9 Å². The van der Waals surface area contributed by atoms with Crippen LogP contribution in [0.2, 0.25) is 0 Å². The molecule has 0 aliphatic rings. The molecule has 0 bridgehead atoms. The number of carbonyl (C=O) groups is 2. The number of benzene rings is 2. The van der Waals surface area contributed by atoms with Gasteiger partial charge in [0.15, 0.2) is 6.61 Å². The maximum atomic E-state index is 12.4. The van der Waals surface area contributed by atoms with Gasteiger partial charge in [0.2, 0.25) is 0 Å². The largest absolute Gasteiger partial charge is 0.497 e. The average Bonchev–Trinajstić information content (AvgIpc) is 2.75. The van der Waals surface area contributed by atoms with E-state index in [1.54, 1.807) is 55.6 Å². The average molecular weight is 407 g/mol. The monoisotopic (exact) mass is 407 g/mol. The van der Waals surface area contributed by atoms with Crippen LogP contribution in [0.1, 0.15) is 19.4 Å². The molecule has 0 unspecified atom stereocenters. The van der Waals surface area contributed by atoms with Crippen molar-refractivity contribution >= 4 is 23.6 Å². The van der Waals surface area contributed by atoms with Crippen LogP contribution in [0.5, 0.6) is 11.5 Å². The lowest BCUT2D eigenvalue weighted by Gasteiger charge is -2.09. The highest BCUT2D eigenvalue weighted by atomic mass is 16.5. The van der Waals surface area contributed by atoms with Gasteiger partial charge in [-0.1, -0.05) is 26.0 Å². The van der Waals surface area contributed by atoms with Gasteiger partial charge in [-0.25, -0.2) is 0 Å². The van der Waals surface area contributed by atoms with Crippen molar-refractivity contribution in [1.82, 2.24) is 5.32 Å². The maximum absolute atomic E-state index is 12.4. The van der Waals surface area contributed by atoms with Gasteiger partial charge >= 0.3 is 0 Å². The SMILES string of the molecule is COc1ccc(NC(=O)/C(C#N)=C\c2ccc(OCC(=O)NCC(C)C)cc2)cc1. The molecule has 156 valence electrons. The third kappa shape index (κ3) is 7.32. The van der Waals surface area contributed by atoms with Gasteiger partial charge in [-0.05, 0) is 54.0 Å². The Labute approximate surface area is 176 Å². The molecule has 2 aromatic carbocycles. The van der Waals surface area contributed by atoms with E-state index in [4.69, 9.17) is 9.47 Å². The van der Waals surface area contributed by atoms with Gasteiger partial charge < -0.3 is 20.1 Å². The van der Waals surface area contributed by atoms with Gasteiger partial charge in [-0.3, -0.25) is 9.59 Å². The number of methoxy groups -OCH3 is 1. The highest BCUT2D eigenvalue weighted by Crippen LogP contribution is 2.17. The number of nitrogens with zero attached hydrogens (tertiary/aromatic N) is 1. The molecule has 7 heteroatoms. The van der Waals surface area contributed by atoms with Gasteiger partial charge in [0.05, 0.1) is 7.11 Å². The summed E-state index contributed by atoms with van der Waals surface area (Å²) in [6, 6.07) is 15.5. The van der Waals surface area contributed by atoms with E-state index < -0.39 is 5.91 Å². The minimum absolute atomic E-state index is 0.0347. The number of ether oxygens (including phenoxy) is 2. The Kier molecular flexibility index (Phi) is 8.45. The summed E-state index contributed by atoms with van der Waals surface area (Å²) in [5.41, 5.74) is 1.18. The first kappa shape index (κ1) is 22.5. The zero-order valence-electron chi connectivity index (χ0n) is 17.3. The van der Waals surface area contributed by atoms with E-state index in [-0.39, 0.29) is 18.1 Å². The first-order valence-electron chi connectivity index (χ1n) is 9.48. The van der Waals surface area contributed by atoms with Gasteiger partial charge in [-0.15, -0.1) is 0 Å². The summed E-state index contributed by atoms with van der Waals surface area (Å²) in [6.07, 6.45) is 1.48. The van der Waals surface area contributed by atoms with Crippen molar-refractivity contribution < 1.29 is 19.1 Å². The molecule has 0 saturated carbocycles. The van der Waals surface area contributed by atoms with Crippen LogP contribution in [0.25, 0.3) is 6.08 Å². The highest BCUT2D eigenvalue weighted by molar-refractivity contribution is 6.09. The van der Waals surface area contributed by atoms with E-state index in [1.807, 2.05) is 19.9 Å². The second-order valence-electron chi connectivity index (χ2n) is 6.91. The highest BCUT2D eigenvalue weighted by Gasteiger charge is 2.10. The second-order valence-corrected chi connectivity index (χ2v) is 6.91. The van der Waals surface area contributed by atoms with Crippen LogP contribution in [0.15, 0.2) is 54.1 Å². The number of nitrogens with one attached hydrogen (secondary N) is 2. The molecule has 2 amide bonds. The van der Waals surface area contributed by atoms with Crippen LogP contribution in [0.3, 0.4) is 0 Å². The number of nitriles is 1. The number of hydrogen-bond donors (Lipinski definition) is 2. The Morgan fingerprint density at radius 1 is 1.07 bits per heavy atom. The van der Waals surface area contributed by atoms with Crippen LogP contribution >= 0.6 is 0 Å². The molecule has 0 spiro atoms. The zero-order valence-corrected chi connectivity index (χ0v) is 17.3. The molecule has 0 aliphatic carbocycles. The summed E-state index contributed by atoms with van der Waals surface area (Å²) < 4.78 is 10.5. The lowest BCUT2D eigenvalue weighted by Crippen LogP contribution is -2.31. The zero-order chi connectivity index (χ0) is 21.9. The fraction of sp³-hybridized carbons (Fsp3) is 0.261. The quantitative estimate of drug-likeness (QED) is 0.490. The number of rotatable bonds is 9. The molecule has 0 heterocycles. The van der Waals surface area contributed by atoms with Crippen molar-refractivity contribution in [3.8, 4) is 17.6 Å². The van der Waals surface area contributed by atoms with Crippen LogP contribution < -0.4 is 20.1 Å². The molecule has 2 aromatic rings. The summed E-state index contributed by atoms with van der Waals surface area (Å²) >= 11 is 0. The Morgan fingerprint density at radius 2 is 1.70 bits per heavy atom. The van der Waals surface area contributed by atoms with Crippen molar-refractivity contribution in [2.45, 2.75) is 13.8 Å². The summed E-state index contributed by atoms with van der Waals surface area (Å²) in [7, 11) is 1.56. The second kappa shape index (κ2) is 11.3. The minimum atomic E-state index is -0.509. The summed E-state index contributed by atoms with van der Waals surface area (Å²) in [5, 5.41) is 14.8. The first-order chi connectivity index (χ1) is 14.4. The smallest absolute Gasteiger partial charge is 0.266 e. The van der Waals surface area contributed by atoms with Gasteiger partial charge in [0, 0.05) is 12.2 Å². The fourth-order valence-corrected chi connectivity index (χ4v) is 2.37. The molecule has 0 saturated heterocycles. The predicted octanol–water partition coefficient (Wildman–Crippen LogP) is 3.39. The number of anilines is 1. The lowest BCUT2D eigenvalue weighted by molar-refractivity contribution is -0.123. The van der Waals surface area contributed by atoms with Crippen LogP contribution in [0.4, 0.5) is 5.69 Å². The van der Waals surface area contributed by atoms with Gasteiger partial charge in [-0.2, -0.15) is 5.26 Å². The van der Waals surface area contributed by atoms with Crippen LogP contribution in [-0.4, -0.2) is 32.1 Å². The number of carbonyl (C=O) groups excluding carboxylic acids is 2. The Morgan fingerprint density at radius 3 is 2.27 bits per heavy atom. The van der Waals surface area contributed by atoms with Crippen molar-refractivity contribution in [3.05, 3.63) is 59.7 Å². The molecule has 2 rings (SSSR count). The number of amides is 2. The normalized spacial score (nSPS) is 10.8. The Hall–Kier alpha value is -3.79. The predicted molar refractivity (Wildman–Crippen MR) is 115 cm³/mol. The Bertz CT molecular complexity index is 926. The van der Waals surface area contributed by atoms with E-state index in [2.05, 4.69) is 10.6 Å². The lowest BCUT2D eigenvalue weighted by atomic mass is 10.1. The van der Waals surface area contributed by atoms with Gasteiger partial charge in [0.1, 0.15) is 23.1 Å². The van der Waals surface area contributed by atoms with Crippen molar-refractivity contribution in [2.24, 2.45) is 5.92 Å². The van der Waals surface area contributed by atoms with E-state index in [1.165, 1.54) is 6.08 Å². The molecule has 0 aromatic heterocycles. The van der Waals surface area contributed by atoms with E-state index in [0.29, 0.717) is 35.2 Å². The molecule has 30 heavy (non-hydrogen) atoms. The molecule has 7 nitrogen and oxygen atoms in total. The molecule has 2 N–H and O–H groups in total. The molecular weight excluding hydrogens is 382 g/mol. The maximum Gasteiger partial charge on any atom is 0.266 e. The molecule has 0 fully saturated rings. The summed E-state index contributed by atoms with van der Waals surface area (Å²) in [6.45, 7) is 4.55. The van der Waals surface area contributed by atoms with E-state index >= 15 is 0 Å². The Balaban J connectivity index is 1.95. The van der Waals surface area contributed by atoms with E-state index in [0.717, 1.165) is 0 Å². The minimum Gasteiger partial charge on any atom is -0.497 e. The fourth-order valence-electron chi connectivity index (χ4n) is 2.37. The van der Waals surface area contributed by atoms with Gasteiger partial charge in [0.25, 0.3) is 11.8 Å². The molecule has 0 radical (unpaired) electrons. The first-order valence-corrected chi connectivity index (χ1v) is 9.48. The summed E-state index contributed by atoms with van der Waals surface area (Å²) in [5.74, 6) is 0.868. The standard InChI is InChI=1S/C23H25N3O4/c1-16(2)14-25-22(27)15-30-21-8-4-17(5-9-21)12-18(13-24)23(28)26-19-6-10-20(29-3)11-7-19/h4-12,16H,14-15H2,1-3H3,(H,25,27)(H,26,28)/b18-12-. The third-order valence-corrected chi connectivity index (χ3v) is 3.98. The van der Waals surface area contributed by atoms with Crippen LogP contribution in [0, 0.1) is 17.2 Å². The van der Waals surface area contributed by atoms with Crippen molar-refractivity contribution in [2.75, 3.05) is 25.6 Å². The molecule has 0 aliphatic heterocycles. The summed E-state index contributed by atoms with van der Waals surface area (Å²) in [4.78, 5) is 24.1.